The van der Waals surface area contributed by atoms with Gasteiger partial charge in [0.2, 0.25) is 0 Å². The zero-order chi connectivity index (χ0) is 25.2. The van der Waals surface area contributed by atoms with Gasteiger partial charge in [-0.3, -0.25) is 28.6 Å². The van der Waals surface area contributed by atoms with Crippen LogP contribution in [0.4, 0.5) is 0 Å². The highest BCUT2D eigenvalue weighted by Gasteiger charge is 2.29. The summed E-state index contributed by atoms with van der Waals surface area (Å²) < 4.78 is 3.38. The molecule has 10 heteroatoms. The van der Waals surface area contributed by atoms with E-state index in [0.29, 0.717) is 29.0 Å². The Morgan fingerprint density at radius 1 is 1.08 bits per heavy atom. The largest absolute Gasteiger partial charge is 0.480 e. The Labute approximate surface area is 206 Å². The summed E-state index contributed by atoms with van der Waals surface area (Å²) in [5.74, 6) is -1.61. The molecule has 36 heavy (non-hydrogen) atoms. The lowest BCUT2D eigenvalue weighted by Crippen LogP contribution is -2.30. The number of aromatic nitrogens is 4. The fourth-order valence-corrected chi connectivity index (χ4v) is 4.71. The number of hydrogen-bond acceptors (Lipinski definition) is 6. The number of rotatable bonds is 7. The van der Waals surface area contributed by atoms with Crippen molar-refractivity contribution in [1.82, 2.24) is 29.3 Å². The Balaban J connectivity index is 1.43. The van der Waals surface area contributed by atoms with Gasteiger partial charge in [0.15, 0.2) is 5.65 Å². The summed E-state index contributed by atoms with van der Waals surface area (Å²) in [5.41, 5.74) is 4.22. The number of aliphatic carboxylic acids is 1. The summed E-state index contributed by atoms with van der Waals surface area (Å²) in [6.07, 6.45) is 4.31. The number of carboxylic acids is 1. The van der Waals surface area contributed by atoms with Gasteiger partial charge in [0.05, 0.1) is 22.9 Å². The molecule has 4 heterocycles. The second-order valence-corrected chi connectivity index (χ2v) is 8.90. The van der Waals surface area contributed by atoms with Gasteiger partial charge in [0, 0.05) is 37.6 Å². The number of carboxylic acid groups (broad SMARTS) is 1. The van der Waals surface area contributed by atoms with Gasteiger partial charge in [-0.25, -0.2) is 9.78 Å². The summed E-state index contributed by atoms with van der Waals surface area (Å²) in [6.45, 7) is 3.90. The highest BCUT2D eigenvalue weighted by atomic mass is 16.4. The van der Waals surface area contributed by atoms with Crippen molar-refractivity contribution >= 4 is 23.0 Å². The third kappa shape index (κ3) is 4.50. The average molecular weight is 487 g/mol. The summed E-state index contributed by atoms with van der Waals surface area (Å²) in [7, 11) is 0. The number of hydrogen-bond donors (Lipinski definition) is 2. The van der Waals surface area contributed by atoms with Crippen LogP contribution in [0.25, 0.3) is 16.9 Å². The van der Waals surface area contributed by atoms with Crippen molar-refractivity contribution in [1.29, 1.82) is 0 Å². The summed E-state index contributed by atoms with van der Waals surface area (Å²) in [5, 5.41) is 11.1. The highest BCUT2D eigenvalue weighted by molar-refractivity contribution is 5.96. The molecule has 1 fully saturated rings. The van der Waals surface area contributed by atoms with Crippen LogP contribution in [0.1, 0.15) is 34.1 Å². The zero-order valence-electron chi connectivity index (χ0n) is 19.8. The molecule has 0 saturated carbocycles. The van der Waals surface area contributed by atoms with E-state index in [4.69, 9.17) is 5.11 Å². The van der Waals surface area contributed by atoms with Gasteiger partial charge in [0.25, 0.3) is 5.91 Å². The second kappa shape index (κ2) is 9.74. The molecule has 0 bridgehead atoms. The smallest absolute Gasteiger partial charge is 0.335 e. The number of pyridine rings is 2. The lowest BCUT2D eigenvalue weighted by atomic mass is 10.2. The van der Waals surface area contributed by atoms with Crippen LogP contribution in [0.2, 0.25) is 0 Å². The molecule has 1 aliphatic heterocycles. The van der Waals surface area contributed by atoms with Crippen LogP contribution in [0.5, 0.6) is 0 Å². The van der Waals surface area contributed by atoms with E-state index in [1.165, 1.54) is 0 Å². The number of carbonyl (C=O) groups excluding carboxylic acids is 1. The lowest BCUT2D eigenvalue weighted by Gasteiger charge is -2.17. The molecule has 1 atom stereocenters. The maximum Gasteiger partial charge on any atom is 0.335 e. The number of benzene rings is 1. The molecule has 4 aromatic rings. The van der Waals surface area contributed by atoms with Gasteiger partial charge in [-0.05, 0) is 61.4 Å². The van der Waals surface area contributed by atoms with Crippen LogP contribution >= 0.6 is 0 Å². The normalized spacial score (nSPS) is 15.9. The molecule has 3 aromatic heterocycles. The van der Waals surface area contributed by atoms with E-state index in [0.717, 1.165) is 30.8 Å². The SMILES string of the molecule is Cc1cccnc1CN1CCC(n2c(=O)n(-c3ccc(C(=O)NCC(=O)O)cc3)c3cccnc32)C1. The molecule has 1 saturated heterocycles. The van der Waals surface area contributed by atoms with E-state index >= 15 is 0 Å². The first-order valence-corrected chi connectivity index (χ1v) is 11.7. The maximum absolute atomic E-state index is 13.7. The molecule has 1 unspecified atom stereocenters. The minimum Gasteiger partial charge on any atom is -0.480 e. The number of imidazole rings is 1. The van der Waals surface area contributed by atoms with Crippen LogP contribution < -0.4 is 11.0 Å². The number of amides is 1. The Morgan fingerprint density at radius 3 is 2.58 bits per heavy atom. The number of likely N-dealkylation sites (tertiary alicyclic amines) is 1. The number of fused-ring (bicyclic) bond motifs is 1. The van der Waals surface area contributed by atoms with Crippen molar-refractivity contribution in [2.75, 3.05) is 19.6 Å². The average Bonchev–Trinajstić information content (AvgIpc) is 3.45. The highest BCUT2D eigenvalue weighted by Crippen LogP contribution is 2.26. The number of nitrogens with one attached hydrogen (secondary N) is 1. The van der Waals surface area contributed by atoms with Crippen LogP contribution in [0.3, 0.4) is 0 Å². The van der Waals surface area contributed by atoms with Crippen molar-refractivity contribution in [2.24, 2.45) is 0 Å². The first-order valence-electron chi connectivity index (χ1n) is 11.7. The van der Waals surface area contributed by atoms with Gasteiger partial charge in [-0.1, -0.05) is 6.07 Å². The van der Waals surface area contributed by atoms with E-state index in [1.807, 2.05) is 12.1 Å². The van der Waals surface area contributed by atoms with Gasteiger partial charge in [-0.15, -0.1) is 0 Å². The van der Waals surface area contributed by atoms with Crippen molar-refractivity contribution in [2.45, 2.75) is 25.9 Å². The van der Waals surface area contributed by atoms with E-state index in [2.05, 4.69) is 33.2 Å². The molecule has 0 spiro atoms. The third-order valence-electron chi connectivity index (χ3n) is 6.52. The number of nitrogens with zero attached hydrogens (tertiary/aromatic N) is 5. The molecule has 2 N–H and O–H groups in total. The van der Waals surface area contributed by atoms with E-state index < -0.39 is 18.4 Å². The first kappa shape index (κ1) is 23.4. The molecule has 184 valence electrons. The summed E-state index contributed by atoms with van der Waals surface area (Å²) in [4.78, 5) is 47.9. The van der Waals surface area contributed by atoms with Crippen LogP contribution in [-0.4, -0.2) is 60.6 Å². The van der Waals surface area contributed by atoms with Crippen molar-refractivity contribution in [3.05, 3.63) is 88.2 Å². The van der Waals surface area contributed by atoms with E-state index in [1.54, 1.807) is 51.9 Å². The molecular weight excluding hydrogens is 460 g/mol. The summed E-state index contributed by atoms with van der Waals surface area (Å²) >= 11 is 0. The predicted molar refractivity (Wildman–Crippen MR) is 133 cm³/mol. The number of aryl methyl sites for hydroxylation is 1. The van der Waals surface area contributed by atoms with E-state index in [-0.39, 0.29) is 11.7 Å². The molecular formula is C26H26N6O4. The van der Waals surface area contributed by atoms with Gasteiger partial charge >= 0.3 is 11.7 Å². The molecule has 1 amide bonds. The Hall–Kier alpha value is -4.31. The van der Waals surface area contributed by atoms with Crippen molar-refractivity contribution < 1.29 is 14.7 Å². The fraction of sp³-hybridized carbons (Fsp3) is 0.269. The van der Waals surface area contributed by atoms with Crippen molar-refractivity contribution in [3.63, 3.8) is 0 Å². The fourth-order valence-electron chi connectivity index (χ4n) is 4.71. The standard InChI is InChI=1S/C26H26N6O4/c1-17-4-2-11-27-21(17)16-30-13-10-20(15-30)32-24-22(5-3-12-28-24)31(26(32)36)19-8-6-18(7-9-19)25(35)29-14-23(33)34/h2-9,11-12,20H,10,13-16H2,1H3,(H,29,35)(H,33,34). The third-order valence-corrected chi connectivity index (χ3v) is 6.52. The molecule has 5 rings (SSSR count). The first-order chi connectivity index (χ1) is 17.4. The maximum atomic E-state index is 13.7. The van der Waals surface area contributed by atoms with Gasteiger partial charge in [0.1, 0.15) is 6.54 Å². The molecule has 0 radical (unpaired) electrons. The Morgan fingerprint density at radius 2 is 1.83 bits per heavy atom. The Kier molecular flexibility index (Phi) is 6.34. The second-order valence-electron chi connectivity index (χ2n) is 8.90. The molecule has 10 nitrogen and oxygen atoms in total. The predicted octanol–water partition coefficient (Wildman–Crippen LogP) is 2.15. The van der Waals surface area contributed by atoms with Crippen LogP contribution in [0.15, 0.2) is 65.7 Å². The van der Waals surface area contributed by atoms with Crippen molar-refractivity contribution in [3.8, 4) is 5.69 Å². The summed E-state index contributed by atoms with van der Waals surface area (Å²) in [6, 6.07) is 14.1. The monoisotopic (exact) mass is 486 g/mol. The topological polar surface area (TPSA) is 122 Å². The number of carbonyl (C=O) groups is 2. The molecule has 0 aliphatic carbocycles. The zero-order valence-corrected chi connectivity index (χ0v) is 19.8. The lowest BCUT2D eigenvalue weighted by molar-refractivity contribution is -0.135. The Bertz CT molecular complexity index is 1490. The van der Waals surface area contributed by atoms with Crippen LogP contribution in [-0.2, 0) is 11.3 Å². The van der Waals surface area contributed by atoms with E-state index in [9.17, 15) is 14.4 Å². The minimum absolute atomic E-state index is 0.0266. The van der Waals surface area contributed by atoms with Crippen LogP contribution in [0, 0.1) is 6.92 Å². The molecule has 1 aromatic carbocycles. The minimum atomic E-state index is -1.12. The molecule has 1 aliphatic rings. The van der Waals surface area contributed by atoms with Gasteiger partial charge < -0.3 is 10.4 Å². The quantitative estimate of drug-likeness (QED) is 0.410. The van der Waals surface area contributed by atoms with Gasteiger partial charge in [-0.2, -0.15) is 0 Å².